The summed E-state index contributed by atoms with van der Waals surface area (Å²) in [7, 11) is 0. The monoisotopic (exact) mass is 367 g/mol. The van der Waals surface area contributed by atoms with Crippen LogP contribution in [0.4, 0.5) is 0 Å². The molecule has 3 N–H and O–H groups in total. The summed E-state index contributed by atoms with van der Waals surface area (Å²) in [4.78, 5) is 38.7. The number of carboxylic acids is 1. The molecular formula is C16H21N3O5S. The molecule has 0 aromatic carbocycles. The Hall–Kier alpha value is -1.84. The lowest BCUT2D eigenvalue weighted by molar-refractivity contribution is 0.0463. The summed E-state index contributed by atoms with van der Waals surface area (Å²) in [5.74, 6) is -1.57. The molecule has 3 heterocycles. The zero-order valence-corrected chi connectivity index (χ0v) is 14.7. The van der Waals surface area contributed by atoms with Crippen molar-refractivity contribution >= 4 is 23.6 Å². The Bertz CT molecular complexity index is 763. The number of fused-ring (bicyclic) bond motifs is 2. The van der Waals surface area contributed by atoms with E-state index < -0.39 is 16.8 Å². The summed E-state index contributed by atoms with van der Waals surface area (Å²) in [6, 6.07) is 0. The molecule has 136 valence electrons. The lowest BCUT2D eigenvalue weighted by atomic mass is 10.0. The number of hydrogen-bond acceptors (Lipinski definition) is 6. The number of aromatic carboxylic acids is 1. The van der Waals surface area contributed by atoms with Crippen LogP contribution >= 0.6 is 11.8 Å². The Morgan fingerprint density at radius 2 is 2.24 bits per heavy atom. The second-order valence-electron chi connectivity index (χ2n) is 6.21. The highest BCUT2D eigenvalue weighted by atomic mass is 32.2. The number of pyridine rings is 1. The van der Waals surface area contributed by atoms with E-state index in [0.29, 0.717) is 13.1 Å². The fourth-order valence-electron chi connectivity index (χ4n) is 3.40. The van der Waals surface area contributed by atoms with Crippen LogP contribution in [-0.4, -0.2) is 62.5 Å². The fraction of sp³-hybridized carbons (Fsp3) is 0.562. The summed E-state index contributed by atoms with van der Waals surface area (Å²) in [6.07, 6.45) is 4.09. The van der Waals surface area contributed by atoms with Gasteiger partial charge in [-0.15, -0.1) is 11.8 Å². The highest BCUT2D eigenvalue weighted by Gasteiger charge is 2.36. The number of nitrogens with one attached hydrogen (secondary N) is 1. The van der Waals surface area contributed by atoms with Crippen LogP contribution in [0.2, 0.25) is 0 Å². The summed E-state index contributed by atoms with van der Waals surface area (Å²) in [5, 5.41) is 22.4. The van der Waals surface area contributed by atoms with Crippen molar-refractivity contribution in [3.8, 4) is 0 Å². The average Bonchev–Trinajstić information content (AvgIpc) is 2.60. The molecule has 1 aromatic rings. The number of amides is 1. The van der Waals surface area contributed by atoms with Gasteiger partial charge in [0.2, 0.25) is 0 Å². The fourth-order valence-corrected chi connectivity index (χ4v) is 3.75. The van der Waals surface area contributed by atoms with Crippen molar-refractivity contribution in [1.29, 1.82) is 0 Å². The van der Waals surface area contributed by atoms with Gasteiger partial charge in [0.1, 0.15) is 17.4 Å². The molecule has 0 saturated carbocycles. The third-order valence-corrected chi connectivity index (χ3v) is 5.47. The highest BCUT2D eigenvalue weighted by Crippen LogP contribution is 2.23. The molecule has 1 aromatic heterocycles. The number of carbonyl (C=O) groups excluding carboxylic acids is 1. The van der Waals surface area contributed by atoms with E-state index in [1.54, 1.807) is 15.7 Å². The smallest absolute Gasteiger partial charge is 0.341 e. The Morgan fingerprint density at radius 1 is 1.48 bits per heavy atom. The second kappa shape index (κ2) is 7.19. The van der Waals surface area contributed by atoms with E-state index in [-0.39, 0.29) is 41.7 Å². The van der Waals surface area contributed by atoms with Gasteiger partial charge in [-0.05, 0) is 32.1 Å². The van der Waals surface area contributed by atoms with Crippen molar-refractivity contribution in [1.82, 2.24) is 14.8 Å². The molecule has 0 spiro atoms. The summed E-state index contributed by atoms with van der Waals surface area (Å²) in [6.45, 7) is 1.81. The van der Waals surface area contributed by atoms with Gasteiger partial charge in [-0.3, -0.25) is 14.9 Å². The first-order chi connectivity index (χ1) is 11.9. The number of aromatic nitrogens is 1. The molecule has 1 saturated heterocycles. The molecule has 2 unspecified atom stereocenters. The van der Waals surface area contributed by atoms with Crippen molar-refractivity contribution in [3.05, 3.63) is 33.2 Å². The van der Waals surface area contributed by atoms with Crippen molar-refractivity contribution in [2.45, 2.75) is 37.4 Å². The predicted molar refractivity (Wildman–Crippen MR) is 92.9 cm³/mol. The number of hydrogen-bond donors (Lipinski definition) is 3. The van der Waals surface area contributed by atoms with E-state index in [2.05, 4.69) is 5.32 Å². The molecule has 25 heavy (non-hydrogen) atoms. The molecule has 3 rings (SSSR count). The van der Waals surface area contributed by atoms with E-state index in [9.17, 15) is 24.6 Å². The quantitative estimate of drug-likeness (QED) is 0.625. The number of thioether (sulfide) groups is 1. The standard InChI is InChI=1S/C16H21N3O5S/c1-25-12(20)4-3-9-13-15(22)19-6-2-5-17-11(19)8-18(13)7-10(14(9)21)16(23)24/h7,11-12,17,20H,2-6,8H2,1H3,(H,23,24). The van der Waals surface area contributed by atoms with Gasteiger partial charge in [0, 0.05) is 18.3 Å². The zero-order valence-electron chi connectivity index (χ0n) is 13.9. The Balaban J connectivity index is 2.09. The number of aliphatic hydroxyl groups excluding tert-OH is 1. The lowest BCUT2D eigenvalue weighted by Gasteiger charge is -2.41. The van der Waals surface area contributed by atoms with Gasteiger partial charge in [0.15, 0.2) is 5.43 Å². The first kappa shape index (κ1) is 18.0. The first-order valence-electron chi connectivity index (χ1n) is 8.19. The molecule has 9 heteroatoms. The van der Waals surface area contributed by atoms with Crippen LogP contribution in [0.1, 0.15) is 39.3 Å². The normalized spacial score (nSPS) is 20.8. The Morgan fingerprint density at radius 3 is 2.92 bits per heavy atom. The zero-order chi connectivity index (χ0) is 18.1. The minimum atomic E-state index is -1.31. The third kappa shape index (κ3) is 3.31. The molecule has 0 bridgehead atoms. The van der Waals surface area contributed by atoms with E-state index in [4.69, 9.17) is 0 Å². The molecule has 2 atom stereocenters. The van der Waals surface area contributed by atoms with Crippen LogP contribution in [0.5, 0.6) is 0 Å². The molecule has 8 nitrogen and oxygen atoms in total. The van der Waals surface area contributed by atoms with E-state index in [1.165, 1.54) is 18.0 Å². The molecule has 1 amide bonds. The largest absolute Gasteiger partial charge is 0.477 e. The number of aliphatic hydroxyl groups is 1. The number of nitrogens with zero attached hydrogens (tertiary/aromatic N) is 2. The molecular weight excluding hydrogens is 346 g/mol. The van der Waals surface area contributed by atoms with Crippen LogP contribution in [-0.2, 0) is 13.0 Å². The molecule has 0 radical (unpaired) electrons. The SMILES string of the molecule is CSC(O)CCc1c2n(cc(C(=O)O)c1=O)CC1NCCCN1C2=O. The van der Waals surface area contributed by atoms with Crippen LogP contribution in [0.25, 0.3) is 0 Å². The van der Waals surface area contributed by atoms with Crippen molar-refractivity contribution in [2.75, 3.05) is 19.3 Å². The first-order valence-corrected chi connectivity index (χ1v) is 9.47. The highest BCUT2D eigenvalue weighted by molar-refractivity contribution is 7.99. The van der Waals surface area contributed by atoms with Gasteiger partial charge in [0.05, 0.1) is 12.0 Å². The van der Waals surface area contributed by atoms with Gasteiger partial charge in [-0.1, -0.05) is 0 Å². The van der Waals surface area contributed by atoms with Crippen LogP contribution in [0.3, 0.4) is 0 Å². The van der Waals surface area contributed by atoms with Gasteiger partial charge < -0.3 is 19.7 Å². The van der Waals surface area contributed by atoms with Crippen molar-refractivity contribution in [3.63, 3.8) is 0 Å². The van der Waals surface area contributed by atoms with Gasteiger partial charge in [-0.2, -0.15) is 0 Å². The third-order valence-electron chi connectivity index (χ3n) is 4.69. The predicted octanol–water partition coefficient (Wildman–Crippen LogP) is -0.0643. The van der Waals surface area contributed by atoms with Crippen LogP contribution in [0.15, 0.2) is 11.0 Å². The van der Waals surface area contributed by atoms with Crippen LogP contribution in [0, 0.1) is 0 Å². The molecule has 1 fully saturated rings. The maximum absolute atomic E-state index is 12.9. The summed E-state index contributed by atoms with van der Waals surface area (Å²) < 4.78 is 1.58. The van der Waals surface area contributed by atoms with E-state index >= 15 is 0 Å². The topological polar surface area (TPSA) is 112 Å². The molecule has 2 aliphatic rings. The van der Waals surface area contributed by atoms with Crippen molar-refractivity contribution < 1.29 is 19.8 Å². The van der Waals surface area contributed by atoms with Crippen LogP contribution < -0.4 is 10.7 Å². The van der Waals surface area contributed by atoms with E-state index in [0.717, 1.165) is 13.0 Å². The maximum Gasteiger partial charge on any atom is 0.341 e. The average molecular weight is 367 g/mol. The summed E-state index contributed by atoms with van der Waals surface area (Å²) >= 11 is 1.24. The van der Waals surface area contributed by atoms with E-state index in [1.807, 2.05) is 0 Å². The van der Waals surface area contributed by atoms with Gasteiger partial charge >= 0.3 is 5.97 Å². The second-order valence-corrected chi connectivity index (χ2v) is 7.22. The summed E-state index contributed by atoms with van der Waals surface area (Å²) in [5.41, 5.74) is -1.21. The minimum absolute atomic E-state index is 0.162. The lowest BCUT2D eigenvalue weighted by Crippen LogP contribution is -2.59. The molecule has 0 aliphatic carbocycles. The Labute approximate surface area is 148 Å². The van der Waals surface area contributed by atoms with Gasteiger partial charge in [-0.25, -0.2) is 4.79 Å². The number of carbonyl (C=O) groups is 2. The van der Waals surface area contributed by atoms with Crippen molar-refractivity contribution in [2.24, 2.45) is 0 Å². The maximum atomic E-state index is 12.9. The minimum Gasteiger partial charge on any atom is -0.477 e. The Kier molecular flexibility index (Phi) is 5.16. The van der Waals surface area contributed by atoms with Gasteiger partial charge in [0.25, 0.3) is 5.91 Å². The molecule has 2 aliphatic heterocycles. The number of rotatable bonds is 5. The number of carboxylic acid groups (broad SMARTS) is 1.